The summed E-state index contributed by atoms with van der Waals surface area (Å²) in [6.45, 7) is 9.00. The van der Waals surface area contributed by atoms with Crippen LogP contribution in [0.25, 0.3) is 11.0 Å². The Morgan fingerprint density at radius 1 is 1.04 bits per heavy atom. The molecule has 124 valence electrons. The van der Waals surface area contributed by atoms with Crippen molar-refractivity contribution in [3.63, 3.8) is 0 Å². The number of hydrogen-bond acceptors (Lipinski definition) is 5. The van der Waals surface area contributed by atoms with E-state index in [1.54, 1.807) is 6.33 Å². The number of aromatic amines is 1. The minimum Gasteiger partial charge on any atom is -0.354 e. The largest absolute Gasteiger partial charge is 0.354 e. The third-order valence-corrected chi connectivity index (χ3v) is 4.79. The monoisotopic (exact) mass is 322 g/mol. The topological polar surface area (TPSA) is 60.9 Å². The summed E-state index contributed by atoms with van der Waals surface area (Å²) in [5.74, 6) is 2.12. The number of piperazine rings is 1. The number of hydrogen-bond donors (Lipinski definition) is 1. The molecule has 1 fully saturated rings. The van der Waals surface area contributed by atoms with Crippen LogP contribution in [0.3, 0.4) is 0 Å². The molecule has 1 aromatic carbocycles. The van der Waals surface area contributed by atoms with Crippen LogP contribution in [0, 0.1) is 13.8 Å². The van der Waals surface area contributed by atoms with E-state index in [-0.39, 0.29) is 0 Å². The Morgan fingerprint density at radius 3 is 2.62 bits per heavy atom. The lowest BCUT2D eigenvalue weighted by Gasteiger charge is -2.35. The summed E-state index contributed by atoms with van der Waals surface area (Å²) in [6.07, 6.45) is 1.67. The number of fused-ring (bicyclic) bond motifs is 1. The van der Waals surface area contributed by atoms with Crippen molar-refractivity contribution < 1.29 is 0 Å². The van der Waals surface area contributed by atoms with Crippen LogP contribution in [0.1, 0.15) is 17.1 Å². The van der Waals surface area contributed by atoms with Crippen molar-refractivity contribution in [2.45, 2.75) is 20.4 Å². The van der Waals surface area contributed by atoms with Crippen molar-refractivity contribution in [2.75, 3.05) is 31.1 Å². The van der Waals surface area contributed by atoms with Crippen LogP contribution in [0.5, 0.6) is 0 Å². The van der Waals surface area contributed by atoms with Crippen molar-refractivity contribution in [3.05, 3.63) is 47.7 Å². The molecule has 3 heterocycles. The number of aromatic nitrogens is 4. The maximum absolute atomic E-state index is 4.68. The van der Waals surface area contributed by atoms with Gasteiger partial charge in [-0.2, -0.15) is 0 Å². The predicted molar refractivity (Wildman–Crippen MR) is 95.1 cm³/mol. The Labute approximate surface area is 141 Å². The fourth-order valence-electron chi connectivity index (χ4n) is 3.25. The zero-order chi connectivity index (χ0) is 16.5. The highest BCUT2D eigenvalue weighted by atomic mass is 15.3. The fraction of sp³-hybridized carbons (Fsp3) is 0.389. The van der Waals surface area contributed by atoms with Gasteiger partial charge in [-0.1, -0.05) is 12.1 Å². The Morgan fingerprint density at radius 2 is 1.83 bits per heavy atom. The van der Waals surface area contributed by atoms with E-state index in [2.05, 4.69) is 42.7 Å². The molecule has 1 aliphatic heterocycles. The van der Waals surface area contributed by atoms with Crippen molar-refractivity contribution in [1.29, 1.82) is 0 Å². The summed E-state index contributed by atoms with van der Waals surface area (Å²) < 4.78 is 0. The first kappa shape index (κ1) is 15.1. The van der Waals surface area contributed by atoms with Gasteiger partial charge in [-0.05, 0) is 26.0 Å². The molecule has 6 heteroatoms. The smallest absolute Gasteiger partial charge is 0.135 e. The third-order valence-electron chi connectivity index (χ3n) is 4.79. The molecule has 3 aromatic rings. The van der Waals surface area contributed by atoms with E-state index in [9.17, 15) is 0 Å². The van der Waals surface area contributed by atoms with Gasteiger partial charge in [-0.25, -0.2) is 15.0 Å². The first-order valence-corrected chi connectivity index (χ1v) is 8.40. The molecule has 0 radical (unpaired) electrons. The molecular weight excluding hydrogens is 300 g/mol. The van der Waals surface area contributed by atoms with Crippen LogP contribution in [0.15, 0.2) is 30.6 Å². The van der Waals surface area contributed by atoms with Crippen LogP contribution in [-0.4, -0.2) is 51.0 Å². The molecule has 0 saturated carbocycles. The molecule has 0 unspecified atom stereocenters. The maximum Gasteiger partial charge on any atom is 0.135 e. The van der Waals surface area contributed by atoms with Gasteiger partial charge in [0.15, 0.2) is 0 Å². The SMILES string of the molecule is Cc1ncnc(N2CCN(Cc3nc4ccccc4[nH]3)CC2)c1C. The third kappa shape index (κ3) is 2.85. The Hall–Kier alpha value is -2.47. The standard InChI is InChI=1S/C18H22N6/c1-13-14(2)19-12-20-18(13)24-9-7-23(8-10-24)11-17-21-15-5-3-4-6-16(15)22-17/h3-6,12H,7-11H2,1-2H3,(H,21,22). The molecule has 1 aliphatic rings. The summed E-state index contributed by atoms with van der Waals surface area (Å²) in [4.78, 5) is 21.6. The summed E-state index contributed by atoms with van der Waals surface area (Å²) in [7, 11) is 0. The van der Waals surface area contributed by atoms with E-state index in [1.165, 1.54) is 5.56 Å². The number of para-hydroxylation sites is 2. The Kier molecular flexibility index (Phi) is 3.90. The van der Waals surface area contributed by atoms with Gasteiger partial charge in [0.2, 0.25) is 0 Å². The normalized spacial score (nSPS) is 16.0. The maximum atomic E-state index is 4.68. The molecule has 1 N–H and O–H groups in total. The summed E-state index contributed by atoms with van der Waals surface area (Å²) in [5, 5.41) is 0. The van der Waals surface area contributed by atoms with Crippen molar-refractivity contribution in [3.8, 4) is 0 Å². The van der Waals surface area contributed by atoms with Gasteiger partial charge in [0.25, 0.3) is 0 Å². The Bertz CT molecular complexity index is 815. The van der Waals surface area contributed by atoms with E-state index < -0.39 is 0 Å². The van der Waals surface area contributed by atoms with Gasteiger partial charge < -0.3 is 9.88 Å². The number of aryl methyl sites for hydroxylation is 1. The van der Waals surface area contributed by atoms with Gasteiger partial charge in [0.05, 0.1) is 17.6 Å². The van der Waals surface area contributed by atoms with Gasteiger partial charge >= 0.3 is 0 Å². The highest BCUT2D eigenvalue weighted by molar-refractivity contribution is 5.74. The van der Waals surface area contributed by atoms with Crippen molar-refractivity contribution in [2.24, 2.45) is 0 Å². The van der Waals surface area contributed by atoms with E-state index in [0.29, 0.717) is 0 Å². The summed E-state index contributed by atoms with van der Waals surface area (Å²) in [6, 6.07) is 8.18. The molecule has 4 rings (SSSR count). The van der Waals surface area contributed by atoms with E-state index in [1.807, 2.05) is 25.1 Å². The first-order valence-electron chi connectivity index (χ1n) is 8.40. The van der Waals surface area contributed by atoms with Crippen LogP contribution in [0.2, 0.25) is 0 Å². The highest BCUT2D eigenvalue weighted by Gasteiger charge is 2.20. The van der Waals surface area contributed by atoms with E-state index in [4.69, 9.17) is 0 Å². The second-order valence-corrected chi connectivity index (χ2v) is 6.37. The number of imidazole rings is 1. The zero-order valence-electron chi connectivity index (χ0n) is 14.2. The molecular formula is C18H22N6. The average Bonchev–Trinajstić information content (AvgIpc) is 3.00. The zero-order valence-corrected chi connectivity index (χ0v) is 14.2. The van der Waals surface area contributed by atoms with Gasteiger partial charge in [-0.15, -0.1) is 0 Å². The second kappa shape index (κ2) is 6.20. The number of nitrogens with zero attached hydrogens (tertiary/aromatic N) is 5. The molecule has 1 saturated heterocycles. The lowest BCUT2D eigenvalue weighted by molar-refractivity contribution is 0.244. The molecule has 6 nitrogen and oxygen atoms in total. The fourth-order valence-corrected chi connectivity index (χ4v) is 3.25. The van der Waals surface area contributed by atoms with Crippen molar-refractivity contribution >= 4 is 16.9 Å². The summed E-state index contributed by atoms with van der Waals surface area (Å²) >= 11 is 0. The number of benzene rings is 1. The molecule has 0 bridgehead atoms. The quantitative estimate of drug-likeness (QED) is 0.802. The lowest BCUT2D eigenvalue weighted by atomic mass is 10.2. The molecule has 0 spiro atoms. The molecule has 2 aromatic heterocycles. The molecule has 24 heavy (non-hydrogen) atoms. The average molecular weight is 322 g/mol. The number of nitrogens with one attached hydrogen (secondary N) is 1. The molecule has 0 atom stereocenters. The molecule has 0 aliphatic carbocycles. The van der Waals surface area contributed by atoms with Crippen LogP contribution in [-0.2, 0) is 6.54 Å². The van der Waals surface area contributed by atoms with Gasteiger partial charge in [0.1, 0.15) is 18.0 Å². The lowest BCUT2D eigenvalue weighted by Crippen LogP contribution is -2.46. The van der Waals surface area contributed by atoms with Crippen LogP contribution < -0.4 is 4.90 Å². The van der Waals surface area contributed by atoms with Gasteiger partial charge in [-0.3, -0.25) is 4.90 Å². The minimum atomic E-state index is 0.865. The highest BCUT2D eigenvalue weighted by Crippen LogP contribution is 2.20. The molecule has 0 amide bonds. The number of rotatable bonds is 3. The van der Waals surface area contributed by atoms with Crippen molar-refractivity contribution in [1.82, 2.24) is 24.8 Å². The van der Waals surface area contributed by atoms with Crippen LogP contribution >= 0.6 is 0 Å². The first-order chi connectivity index (χ1) is 11.7. The van der Waals surface area contributed by atoms with E-state index in [0.717, 1.165) is 61.1 Å². The van der Waals surface area contributed by atoms with Crippen LogP contribution in [0.4, 0.5) is 5.82 Å². The number of anilines is 1. The van der Waals surface area contributed by atoms with Gasteiger partial charge in [0, 0.05) is 37.4 Å². The van der Waals surface area contributed by atoms with E-state index >= 15 is 0 Å². The second-order valence-electron chi connectivity index (χ2n) is 6.37. The number of H-pyrrole nitrogens is 1. The summed E-state index contributed by atoms with van der Waals surface area (Å²) in [5.41, 5.74) is 4.39. The minimum absolute atomic E-state index is 0.865. The Balaban J connectivity index is 1.41. The predicted octanol–water partition coefficient (Wildman–Crippen LogP) is 2.29.